The van der Waals surface area contributed by atoms with E-state index in [-0.39, 0.29) is 22.4 Å². The van der Waals surface area contributed by atoms with Crippen molar-refractivity contribution in [2.45, 2.75) is 6.10 Å². The van der Waals surface area contributed by atoms with Gasteiger partial charge in [0.25, 0.3) is 5.91 Å². The number of hydrogen-bond acceptors (Lipinski definition) is 5. The highest BCUT2D eigenvalue weighted by molar-refractivity contribution is 7.95. The van der Waals surface area contributed by atoms with Crippen molar-refractivity contribution in [2.24, 2.45) is 0 Å². The smallest absolute Gasteiger partial charge is 0.265 e. The molecule has 0 unspecified atom stereocenters. The third-order valence-electron chi connectivity index (χ3n) is 2.62. The summed E-state index contributed by atoms with van der Waals surface area (Å²) in [4.78, 5) is 11.8. The van der Waals surface area contributed by atoms with Gasteiger partial charge >= 0.3 is 0 Å². The van der Waals surface area contributed by atoms with Gasteiger partial charge in [-0.05, 0) is 20.2 Å². The molecule has 0 spiro atoms. The highest BCUT2D eigenvalue weighted by Gasteiger charge is 2.22. The number of carbonyl (C=O) groups is 1. The molecule has 0 radical (unpaired) electrons. The third kappa shape index (κ3) is 3.76. The quantitative estimate of drug-likeness (QED) is 0.809. The summed E-state index contributed by atoms with van der Waals surface area (Å²) >= 11 is 7.08. The minimum atomic E-state index is -0.659. The Labute approximate surface area is 126 Å². The van der Waals surface area contributed by atoms with Crippen molar-refractivity contribution < 1.29 is 13.9 Å². The van der Waals surface area contributed by atoms with E-state index in [1.807, 2.05) is 0 Å². The number of amides is 1. The topological polar surface area (TPSA) is 53.6 Å². The van der Waals surface area contributed by atoms with Crippen molar-refractivity contribution in [2.75, 3.05) is 27.2 Å². The number of hydrogen-bond donors (Lipinski definition) is 2. The minimum absolute atomic E-state index is 0.00382. The van der Waals surface area contributed by atoms with E-state index >= 15 is 0 Å². The van der Waals surface area contributed by atoms with E-state index in [2.05, 4.69) is 10.0 Å². The van der Waals surface area contributed by atoms with Gasteiger partial charge in [-0.25, -0.2) is 8.70 Å². The van der Waals surface area contributed by atoms with Gasteiger partial charge in [-0.2, -0.15) is 0 Å². The van der Waals surface area contributed by atoms with Crippen LogP contribution in [0.2, 0.25) is 5.02 Å². The maximum absolute atomic E-state index is 13.9. The van der Waals surface area contributed by atoms with Gasteiger partial charge in [-0.15, -0.1) is 0 Å². The van der Waals surface area contributed by atoms with E-state index < -0.39 is 11.7 Å². The normalized spacial score (nSPS) is 15.1. The van der Waals surface area contributed by atoms with E-state index in [1.54, 1.807) is 18.4 Å². The molecule has 2 rings (SSSR count). The van der Waals surface area contributed by atoms with E-state index in [1.165, 1.54) is 6.07 Å². The average Bonchev–Trinajstić information content (AvgIpc) is 2.34. The zero-order valence-corrected chi connectivity index (χ0v) is 12.6. The van der Waals surface area contributed by atoms with Gasteiger partial charge in [0.1, 0.15) is 17.7 Å². The molecule has 1 saturated heterocycles. The van der Waals surface area contributed by atoms with Gasteiger partial charge in [-0.3, -0.25) is 9.52 Å². The van der Waals surface area contributed by atoms with Crippen molar-refractivity contribution in [1.82, 2.24) is 14.3 Å². The lowest BCUT2D eigenvalue weighted by molar-refractivity contribution is 0.0979. The first-order valence-corrected chi connectivity index (χ1v) is 7.13. The first kappa shape index (κ1) is 15.4. The predicted molar refractivity (Wildman–Crippen MR) is 77.4 cm³/mol. The maximum Gasteiger partial charge on any atom is 0.265 e. The van der Waals surface area contributed by atoms with Crippen LogP contribution in [0.5, 0.6) is 5.75 Å². The molecule has 0 aromatic heterocycles. The summed E-state index contributed by atoms with van der Waals surface area (Å²) < 4.78 is 23.6. The van der Waals surface area contributed by atoms with Crippen LogP contribution in [0.3, 0.4) is 0 Å². The van der Waals surface area contributed by atoms with Gasteiger partial charge in [0.05, 0.1) is 10.6 Å². The summed E-state index contributed by atoms with van der Waals surface area (Å²) in [5.41, 5.74) is -0.108. The van der Waals surface area contributed by atoms with E-state index in [4.69, 9.17) is 16.3 Å². The van der Waals surface area contributed by atoms with Crippen LogP contribution in [0, 0.1) is 5.82 Å². The fourth-order valence-corrected chi connectivity index (χ4v) is 2.09. The predicted octanol–water partition coefficient (Wildman–Crippen LogP) is 1.68. The number of nitrogens with one attached hydrogen (secondary N) is 2. The molecule has 0 bridgehead atoms. The number of rotatable bonds is 5. The van der Waals surface area contributed by atoms with Crippen LogP contribution in [-0.2, 0) is 0 Å². The van der Waals surface area contributed by atoms with Crippen LogP contribution in [0.4, 0.5) is 4.39 Å². The SMILES string of the molecule is CN(C)SNC(=O)c1cc(Cl)c(OC2CNC2)cc1F. The Morgan fingerprint density at radius 2 is 2.25 bits per heavy atom. The molecule has 2 N–H and O–H groups in total. The van der Waals surface area contributed by atoms with Crippen molar-refractivity contribution in [3.8, 4) is 5.75 Å². The molecule has 0 saturated carbocycles. The number of benzene rings is 1. The van der Waals surface area contributed by atoms with Gasteiger partial charge in [0.2, 0.25) is 0 Å². The molecule has 1 aliphatic heterocycles. The molecule has 20 heavy (non-hydrogen) atoms. The fourth-order valence-electron chi connectivity index (χ4n) is 1.51. The molecule has 1 aromatic carbocycles. The Kier molecular flexibility index (Phi) is 5.09. The molecule has 8 heteroatoms. The highest BCUT2D eigenvalue weighted by atomic mass is 35.5. The zero-order chi connectivity index (χ0) is 14.7. The first-order valence-electron chi connectivity index (χ1n) is 5.98. The second-order valence-corrected chi connectivity index (χ2v) is 6.02. The number of carbonyl (C=O) groups excluding carboxylic acids is 1. The summed E-state index contributed by atoms with van der Waals surface area (Å²) in [7, 11) is 3.52. The minimum Gasteiger partial charge on any atom is -0.486 e. The van der Waals surface area contributed by atoms with E-state index in [0.29, 0.717) is 13.1 Å². The molecule has 1 heterocycles. The highest BCUT2D eigenvalue weighted by Crippen LogP contribution is 2.29. The monoisotopic (exact) mass is 319 g/mol. The molecular formula is C12H15ClFN3O2S. The van der Waals surface area contributed by atoms with Gasteiger partial charge < -0.3 is 10.1 Å². The van der Waals surface area contributed by atoms with Crippen molar-refractivity contribution in [3.63, 3.8) is 0 Å². The molecule has 0 aliphatic carbocycles. The summed E-state index contributed by atoms with van der Waals surface area (Å²) in [6.07, 6.45) is -0.00382. The standard InChI is InChI=1S/C12H15ClFN3O2S/c1-17(2)20-16-12(18)8-3-9(13)11(4-10(8)14)19-7-5-15-6-7/h3-4,7,15H,5-6H2,1-2H3,(H,16,18). The van der Waals surface area contributed by atoms with Crippen molar-refractivity contribution in [1.29, 1.82) is 0 Å². The first-order chi connectivity index (χ1) is 9.47. The van der Waals surface area contributed by atoms with Gasteiger partial charge in [0, 0.05) is 31.3 Å². The van der Waals surface area contributed by atoms with Gasteiger partial charge in [-0.1, -0.05) is 11.6 Å². The Hall–Kier alpha value is -1.02. The molecule has 1 fully saturated rings. The summed E-state index contributed by atoms with van der Waals surface area (Å²) in [6, 6.07) is 2.43. The van der Waals surface area contributed by atoms with Crippen molar-refractivity contribution >= 4 is 29.6 Å². The van der Waals surface area contributed by atoms with Crippen LogP contribution in [0.15, 0.2) is 12.1 Å². The Morgan fingerprint density at radius 1 is 1.55 bits per heavy atom. The Balaban J connectivity index is 2.10. The van der Waals surface area contributed by atoms with Crippen LogP contribution in [0.1, 0.15) is 10.4 Å². The average molecular weight is 320 g/mol. The van der Waals surface area contributed by atoms with E-state index in [0.717, 1.165) is 18.2 Å². The lowest BCUT2D eigenvalue weighted by atomic mass is 10.2. The number of nitrogens with zero attached hydrogens (tertiary/aromatic N) is 1. The Morgan fingerprint density at radius 3 is 2.80 bits per heavy atom. The number of ether oxygens (including phenoxy) is 1. The maximum atomic E-state index is 13.9. The second-order valence-electron chi connectivity index (χ2n) is 4.50. The largest absolute Gasteiger partial charge is 0.486 e. The molecule has 1 amide bonds. The lowest BCUT2D eigenvalue weighted by Gasteiger charge is -2.28. The molecule has 0 atom stereocenters. The van der Waals surface area contributed by atoms with Crippen LogP contribution in [-0.4, -0.2) is 43.5 Å². The van der Waals surface area contributed by atoms with Crippen LogP contribution in [0.25, 0.3) is 0 Å². The number of halogens is 2. The summed E-state index contributed by atoms with van der Waals surface area (Å²) in [5, 5.41) is 3.26. The van der Waals surface area contributed by atoms with Gasteiger partial charge in [0.15, 0.2) is 0 Å². The zero-order valence-electron chi connectivity index (χ0n) is 11.1. The van der Waals surface area contributed by atoms with Crippen LogP contribution < -0.4 is 14.8 Å². The second kappa shape index (κ2) is 6.62. The molecular weight excluding hydrogens is 305 g/mol. The Bertz CT molecular complexity index is 512. The van der Waals surface area contributed by atoms with Crippen LogP contribution >= 0.6 is 23.7 Å². The van der Waals surface area contributed by atoms with E-state index in [9.17, 15) is 9.18 Å². The molecule has 110 valence electrons. The molecule has 1 aliphatic rings. The lowest BCUT2D eigenvalue weighted by Crippen LogP contribution is -2.50. The summed E-state index contributed by atoms with van der Waals surface area (Å²) in [6.45, 7) is 1.42. The molecule has 1 aromatic rings. The molecule has 5 nitrogen and oxygen atoms in total. The third-order valence-corrected chi connectivity index (χ3v) is 3.56. The summed E-state index contributed by atoms with van der Waals surface area (Å²) in [5.74, 6) is -0.944. The fraction of sp³-hybridized carbons (Fsp3) is 0.417. The van der Waals surface area contributed by atoms with Crippen molar-refractivity contribution in [3.05, 3.63) is 28.5 Å².